The maximum Gasteiger partial charge on any atom is 0.124 e. The molecule has 1 fully saturated rings. The predicted molar refractivity (Wildman–Crippen MR) is 73.1 cm³/mol. The summed E-state index contributed by atoms with van der Waals surface area (Å²) in [5.74, 6) is -0.340. The van der Waals surface area contributed by atoms with E-state index in [4.69, 9.17) is 5.26 Å². The number of nitrogens with zero attached hydrogens (tertiary/aromatic N) is 2. The second-order valence-corrected chi connectivity index (χ2v) is 5.04. The number of likely N-dealkylation sites (tertiary alicyclic amines) is 1. The number of nitrogens with one attached hydrogen (secondary N) is 1. The Morgan fingerprint density at radius 3 is 2.79 bits per heavy atom. The summed E-state index contributed by atoms with van der Waals surface area (Å²) in [6.07, 6.45) is 3.77. The van der Waals surface area contributed by atoms with Crippen molar-refractivity contribution in [1.29, 1.82) is 5.26 Å². The van der Waals surface area contributed by atoms with Gasteiger partial charge in [-0.3, -0.25) is 0 Å². The summed E-state index contributed by atoms with van der Waals surface area (Å²) in [7, 11) is 0. The molecule has 1 N–H and O–H groups in total. The van der Waals surface area contributed by atoms with E-state index in [0.29, 0.717) is 12.1 Å². The fourth-order valence-corrected chi connectivity index (χ4v) is 2.48. The van der Waals surface area contributed by atoms with Crippen molar-refractivity contribution in [3.8, 4) is 6.07 Å². The van der Waals surface area contributed by atoms with E-state index in [1.165, 1.54) is 38.1 Å². The van der Waals surface area contributed by atoms with Crippen LogP contribution in [0.5, 0.6) is 0 Å². The van der Waals surface area contributed by atoms with E-state index in [1.807, 2.05) is 6.07 Å². The maximum absolute atomic E-state index is 13.2. The quantitative estimate of drug-likeness (QED) is 0.798. The first-order valence-electron chi connectivity index (χ1n) is 6.90. The Morgan fingerprint density at radius 2 is 2.05 bits per heavy atom. The topological polar surface area (TPSA) is 39.1 Å². The Balaban J connectivity index is 1.67. The Morgan fingerprint density at radius 1 is 1.26 bits per heavy atom. The minimum Gasteiger partial charge on any atom is -0.313 e. The molecule has 1 aromatic rings. The molecule has 0 unspecified atom stereocenters. The highest BCUT2D eigenvalue weighted by atomic mass is 19.1. The van der Waals surface area contributed by atoms with Crippen LogP contribution in [0, 0.1) is 17.1 Å². The average molecular weight is 261 g/mol. The molecule has 0 spiro atoms. The van der Waals surface area contributed by atoms with Gasteiger partial charge in [-0.25, -0.2) is 4.39 Å². The van der Waals surface area contributed by atoms with Crippen molar-refractivity contribution in [3.05, 3.63) is 35.1 Å². The van der Waals surface area contributed by atoms with Crippen molar-refractivity contribution in [2.24, 2.45) is 0 Å². The van der Waals surface area contributed by atoms with E-state index in [-0.39, 0.29) is 5.82 Å². The van der Waals surface area contributed by atoms with Crippen molar-refractivity contribution in [2.75, 3.05) is 26.2 Å². The Labute approximate surface area is 114 Å². The minimum atomic E-state index is -0.340. The molecule has 2 rings (SSSR count). The van der Waals surface area contributed by atoms with Gasteiger partial charge >= 0.3 is 0 Å². The van der Waals surface area contributed by atoms with Crippen molar-refractivity contribution in [3.63, 3.8) is 0 Å². The van der Waals surface area contributed by atoms with Gasteiger partial charge in [-0.2, -0.15) is 5.26 Å². The first kappa shape index (κ1) is 14.0. The number of hydrogen-bond acceptors (Lipinski definition) is 3. The summed E-state index contributed by atoms with van der Waals surface area (Å²) in [5.41, 5.74) is 1.21. The SMILES string of the molecule is N#Cc1cc(F)cc(CNCCCN2CCCC2)c1. The van der Waals surface area contributed by atoms with Crippen LogP contribution in [0.1, 0.15) is 30.4 Å². The minimum absolute atomic E-state index is 0.340. The molecule has 19 heavy (non-hydrogen) atoms. The van der Waals surface area contributed by atoms with Gasteiger partial charge in [0.15, 0.2) is 0 Å². The number of benzene rings is 1. The molecule has 102 valence electrons. The van der Waals surface area contributed by atoms with Crippen LogP contribution in [0.4, 0.5) is 4.39 Å². The highest BCUT2D eigenvalue weighted by molar-refractivity contribution is 5.33. The maximum atomic E-state index is 13.2. The van der Waals surface area contributed by atoms with Gasteiger partial charge in [0.05, 0.1) is 11.6 Å². The summed E-state index contributed by atoms with van der Waals surface area (Å²) >= 11 is 0. The molecule has 0 radical (unpaired) electrons. The smallest absolute Gasteiger partial charge is 0.124 e. The van der Waals surface area contributed by atoms with Crippen LogP contribution in [-0.2, 0) is 6.54 Å². The van der Waals surface area contributed by atoms with E-state index in [0.717, 1.165) is 25.1 Å². The normalized spacial score (nSPS) is 15.6. The second-order valence-electron chi connectivity index (χ2n) is 5.04. The molecule has 4 heteroatoms. The molecule has 0 aliphatic carbocycles. The van der Waals surface area contributed by atoms with E-state index in [2.05, 4.69) is 10.2 Å². The van der Waals surface area contributed by atoms with Gasteiger partial charge in [0.25, 0.3) is 0 Å². The van der Waals surface area contributed by atoms with Gasteiger partial charge in [0, 0.05) is 6.54 Å². The third kappa shape index (κ3) is 4.62. The number of rotatable bonds is 6. The van der Waals surface area contributed by atoms with Crippen molar-refractivity contribution in [2.45, 2.75) is 25.8 Å². The van der Waals surface area contributed by atoms with E-state index in [9.17, 15) is 4.39 Å². The van der Waals surface area contributed by atoms with Crippen LogP contribution in [0.3, 0.4) is 0 Å². The van der Waals surface area contributed by atoms with Crippen LogP contribution in [0.25, 0.3) is 0 Å². The van der Waals surface area contributed by atoms with Gasteiger partial charge in [-0.1, -0.05) is 0 Å². The Kier molecular flexibility index (Phi) is 5.31. The van der Waals surface area contributed by atoms with Gasteiger partial charge in [-0.05, 0) is 69.2 Å². The molecule has 0 amide bonds. The fourth-order valence-electron chi connectivity index (χ4n) is 2.48. The predicted octanol–water partition coefficient (Wildman–Crippen LogP) is 2.27. The lowest BCUT2D eigenvalue weighted by Crippen LogP contribution is -2.24. The summed E-state index contributed by atoms with van der Waals surface area (Å²) < 4.78 is 13.2. The lowest BCUT2D eigenvalue weighted by atomic mass is 10.1. The van der Waals surface area contributed by atoms with E-state index >= 15 is 0 Å². The lowest BCUT2D eigenvalue weighted by molar-refractivity contribution is 0.331. The number of hydrogen-bond donors (Lipinski definition) is 1. The zero-order valence-corrected chi connectivity index (χ0v) is 11.2. The monoisotopic (exact) mass is 261 g/mol. The molecular weight excluding hydrogens is 241 g/mol. The molecular formula is C15H20FN3. The first-order valence-corrected chi connectivity index (χ1v) is 6.90. The summed E-state index contributed by atoms with van der Waals surface area (Å²) in [6.45, 7) is 5.14. The standard InChI is InChI=1S/C15H20FN3/c16-15-9-13(11-17)8-14(10-15)12-18-4-3-7-19-5-1-2-6-19/h8-10,18H,1-7,12H2. The Hall–Kier alpha value is -1.44. The number of halogens is 1. The molecule has 1 saturated heterocycles. The third-order valence-electron chi connectivity index (χ3n) is 3.44. The van der Waals surface area contributed by atoms with E-state index < -0.39 is 0 Å². The second kappa shape index (κ2) is 7.22. The zero-order valence-electron chi connectivity index (χ0n) is 11.2. The van der Waals surface area contributed by atoms with Gasteiger partial charge in [0.1, 0.15) is 5.82 Å². The molecule has 0 aromatic heterocycles. The molecule has 1 heterocycles. The molecule has 1 aromatic carbocycles. The van der Waals surface area contributed by atoms with Crippen LogP contribution >= 0.6 is 0 Å². The fraction of sp³-hybridized carbons (Fsp3) is 0.533. The summed E-state index contributed by atoms with van der Waals surface area (Å²) in [6, 6.07) is 6.45. The van der Waals surface area contributed by atoms with Crippen molar-refractivity contribution >= 4 is 0 Å². The van der Waals surface area contributed by atoms with Gasteiger partial charge < -0.3 is 10.2 Å². The van der Waals surface area contributed by atoms with Crippen LogP contribution < -0.4 is 5.32 Å². The number of nitriles is 1. The van der Waals surface area contributed by atoms with Crippen LogP contribution in [0.2, 0.25) is 0 Å². The highest BCUT2D eigenvalue weighted by Gasteiger charge is 2.09. The van der Waals surface area contributed by atoms with Gasteiger partial charge in [0.2, 0.25) is 0 Å². The Bertz CT molecular complexity index is 447. The zero-order chi connectivity index (χ0) is 13.5. The van der Waals surface area contributed by atoms with E-state index in [1.54, 1.807) is 6.07 Å². The average Bonchev–Trinajstić information content (AvgIpc) is 2.91. The van der Waals surface area contributed by atoms with Crippen LogP contribution in [0.15, 0.2) is 18.2 Å². The van der Waals surface area contributed by atoms with Crippen molar-refractivity contribution in [1.82, 2.24) is 10.2 Å². The lowest BCUT2D eigenvalue weighted by Gasteiger charge is -2.14. The van der Waals surface area contributed by atoms with Crippen LogP contribution in [-0.4, -0.2) is 31.1 Å². The molecule has 1 aliphatic rings. The summed E-state index contributed by atoms with van der Waals surface area (Å²) in [4.78, 5) is 2.48. The third-order valence-corrected chi connectivity index (χ3v) is 3.44. The molecule has 0 bridgehead atoms. The molecule has 0 atom stereocenters. The van der Waals surface area contributed by atoms with Crippen molar-refractivity contribution < 1.29 is 4.39 Å². The summed E-state index contributed by atoms with van der Waals surface area (Å²) in [5, 5.41) is 12.1. The van der Waals surface area contributed by atoms with Gasteiger partial charge in [-0.15, -0.1) is 0 Å². The molecule has 1 aliphatic heterocycles. The highest BCUT2D eigenvalue weighted by Crippen LogP contribution is 2.09. The molecule has 0 saturated carbocycles. The largest absolute Gasteiger partial charge is 0.313 e. The molecule has 3 nitrogen and oxygen atoms in total. The first-order chi connectivity index (χ1) is 9.28.